The Morgan fingerprint density at radius 2 is 2.41 bits per heavy atom. The van der Waals surface area contributed by atoms with Crippen molar-refractivity contribution >= 4 is 5.91 Å². The van der Waals surface area contributed by atoms with E-state index in [0.717, 1.165) is 25.9 Å². The van der Waals surface area contributed by atoms with Crippen molar-refractivity contribution < 1.29 is 4.79 Å². The number of amides is 1. The number of aromatic nitrogens is 2. The van der Waals surface area contributed by atoms with Gasteiger partial charge in [0.1, 0.15) is 0 Å². The molecule has 17 heavy (non-hydrogen) atoms. The Hall–Kier alpha value is -1.49. The highest BCUT2D eigenvalue weighted by molar-refractivity contribution is 5.93. The monoisotopic (exact) mass is 234 g/mol. The van der Waals surface area contributed by atoms with E-state index in [4.69, 9.17) is 5.73 Å². The summed E-state index contributed by atoms with van der Waals surface area (Å²) in [5.74, 6) is 0.438. The van der Waals surface area contributed by atoms with Crippen LogP contribution in [0.4, 0.5) is 0 Å². The Bertz CT molecular complexity index is 379. The normalized spacial score (nSPS) is 22.2. The van der Waals surface area contributed by atoms with Gasteiger partial charge < -0.3 is 10.6 Å². The molecule has 1 aromatic heterocycles. The van der Waals surface area contributed by atoms with Gasteiger partial charge in [0.25, 0.3) is 5.91 Å². The van der Waals surface area contributed by atoms with Gasteiger partial charge in [0, 0.05) is 19.1 Å². The van der Waals surface area contributed by atoms with Gasteiger partial charge in [-0.2, -0.15) is 10.2 Å². The van der Waals surface area contributed by atoms with Crippen LogP contribution in [0.1, 0.15) is 30.1 Å². The average Bonchev–Trinajstić information content (AvgIpc) is 2.39. The van der Waals surface area contributed by atoms with Crippen molar-refractivity contribution in [2.75, 3.05) is 13.1 Å². The third kappa shape index (κ3) is 2.79. The van der Waals surface area contributed by atoms with E-state index in [1.54, 1.807) is 12.3 Å². The van der Waals surface area contributed by atoms with Crippen molar-refractivity contribution in [3.8, 4) is 0 Å². The van der Waals surface area contributed by atoms with Crippen molar-refractivity contribution in [2.24, 2.45) is 11.7 Å². The lowest BCUT2D eigenvalue weighted by atomic mass is 9.92. The minimum atomic E-state index is 0.0326. The van der Waals surface area contributed by atoms with E-state index in [9.17, 15) is 4.79 Å². The number of carbonyl (C=O) groups excluding carboxylic acids is 1. The van der Waals surface area contributed by atoms with E-state index >= 15 is 0 Å². The molecule has 5 nitrogen and oxygen atoms in total. The maximum atomic E-state index is 12.2. The fourth-order valence-corrected chi connectivity index (χ4v) is 2.22. The van der Waals surface area contributed by atoms with Gasteiger partial charge in [-0.1, -0.05) is 0 Å². The van der Waals surface area contributed by atoms with Crippen molar-refractivity contribution in [1.82, 2.24) is 15.1 Å². The third-order valence-corrected chi connectivity index (χ3v) is 3.32. The van der Waals surface area contributed by atoms with Gasteiger partial charge in [0.15, 0.2) is 0 Å². The molecule has 1 saturated heterocycles. The minimum absolute atomic E-state index is 0.0326. The Morgan fingerprint density at radius 3 is 3.06 bits per heavy atom. The quantitative estimate of drug-likeness (QED) is 0.816. The van der Waals surface area contributed by atoms with Crippen LogP contribution in [0.2, 0.25) is 0 Å². The number of carbonyl (C=O) groups is 1. The topological polar surface area (TPSA) is 72.1 Å². The summed E-state index contributed by atoms with van der Waals surface area (Å²) >= 11 is 0. The second-order valence-corrected chi connectivity index (χ2v) is 4.64. The lowest BCUT2D eigenvalue weighted by Crippen LogP contribution is -2.45. The minimum Gasteiger partial charge on any atom is -0.338 e. The summed E-state index contributed by atoms with van der Waals surface area (Å²) < 4.78 is 0. The van der Waals surface area contributed by atoms with Crippen LogP contribution in [0, 0.1) is 5.92 Å². The van der Waals surface area contributed by atoms with Crippen LogP contribution in [-0.2, 0) is 0 Å². The fraction of sp³-hybridized carbons (Fsp3) is 0.583. The zero-order valence-electron chi connectivity index (χ0n) is 10.0. The number of piperidine rings is 1. The van der Waals surface area contributed by atoms with E-state index in [0.29, 0.717) is 11.5 Å². The molecule has 1 aliphatic rings. The SMILES string of the molecule is CC(N)C1CCCN(C(=O)c2ccnnc2)C1. The van der Waals surface area contributed by atoms with E-state index in [-0.39, 0.29) is 11.9 Å². The van der Waals surface area contributed by atoms with E-state index in [1.165, 1.54) is 6.20 Å². The highest BCUT2D eigenvalue weighted by atomic mass is 16.2. The van der Waals surface area contributed by atoms with Gasteiger partial charge in [0.05, 0.1) is 18.0 Å². The van der Waals surface area contributed by atoms with Gasteiger partial charge in [-0.25, -0.2) is 0 Å². The first kappa shape index (κ1) is 12.0. The summed E-state index contributed by atoms with van der Waals surface area (Å²) in [5, 5.41) is 7.41. The maximum Gasteiger partial charge on any atom is 0.255 e. The van der Waals surface area contributed by atoms with Gasteiger partial charge in [0.2, 0.25) is 0 Å². The zero-order chi connectivity index (χ0) is 12.3. The van der Waals surface area contributed by atoms with E-state index < -0.39 is 0 Å². The van der Waals surface area contributed by atoms with E-state index in [2.05, 4.69) is 10.2 Å². The van der Waals surface area contributed by atoms with Crippen LogP contribution in [0.25, 0.3) is 0 Å². The Balaban J connectivity index is 2.05. The summed E-state index contributed by atoms with van der Waals surface area (Å²) in [6.45, 7) is 3.57. The lowest BCUT2D eigenvalue weighted by Gasteiger charge is -2.34. The van der Waals surface area contributed by atoms with Crippen LogP contribution >= 0.6 is 0 Å². The first-order chi connectivity index (χ1) is 8.18. The molecule has 1 fully saturated rings. The van der Waals surface area contributed by atoms with Crippen molar-refractivity contribution in [2.45, 2.75) is 25.8 Å². The highest BCUT2D eigenvalue weighted by Gasteiger charge is 2.26. The molecule has 1 amide bonds. The highest BCUT2D eigenvalue weighted by Crippen LogP contribution is 2.20. The summed E-state index contributed by atoms with van der Waals surface area (Å²) in [4.78, 5) is 14.1. The average molecular weight is 234 g/mol. The molecule has 2 rings (SSSR count). The summed E-state index contributed by atoms with van der Waals surface area (Å²) in [6.07, 6.45) is 5.19. The Kier molecular flexibility index (Phi) is 3.68. The molecule has 1 aliphatic heterocycles. The summed E-state index contributed by atoms with van der Waals surface area (Å²) in [6, 6.07) is 1.84. The molecule has 0 aliphatic carbocycles. The largest absolute Gasteiger partial charge is 0.338 e. The predicted molar refractivity (Wildman–Crippen MR) is 64.3 cm³/mol. The Morgan fingerprint density at radius 1 is 1.59 bits per heavy atom. The van der Waals surface area contributed by atoms with Crippen LogP contribution in [0.15, 0.2) is 18.5 Å². The third-order valence-electron chi connectivity index (χ3n) is 3.32. The predicted octanol–water partition coefficient (Wildman–Crippen LogP) is 0.676. The lowest BCUT2D eigenvalue weighted by molar-refractivity contribution is 0.0660. The van der Waals surface area contributed by atoms with Crippen molar-refractivity contribution in [1.29, 1.82) is 0 Å². The molecule has 1 aromatic rings. The molecule has 92 valence electrons. The molecule has 0 bridgehead atoms. The van der Waals surface area contributed by atoms with Gasteiger partial charge in [-0.15, -0.1) is 0 Å². The van der Waals surface area contributed by atoms with Gasteiger partial charge in [-0.05, 0) is 31.7 Å². The fourth-order valence-electron chi connectivity index (χ4n) is 2.22. The van der Waals surface area contributed by atoms with Crippen LogP contribution in [0.5, 0.6) is 0 Å². The summed E-state index contributed by atoms with van der Waals surface area (Å²) in [7, 11) is 0. The molecule has 0 radical (unpaired) electrons. The van der Waals surface area contributed by atoms with Crippen LogP contribution in [-0.4, -0.2) is 40.1 Å². The Labute approximate surface area is 101 Å². The number of rotatable bonds is 2. The van der Waals surface area contributed by atoms with Gasteiger partial charge in [-0.3, -0.25) is 4.79 Å². The van der Waals surface area contributed by atoms with Gasteiger partial charge >= 0.3 is 0 Å². The maximum absolute atomic E-state index is 12.2. The number of nitrogens with zero attached hydrogens (tertiary/aromatic N) is 3. The molecule has 0 aromatic carbocycles. The zero-order valence-corrected chi connectivity index (χ0v) is 10.0. The molecule has 5 heteroatoms. The second-order valence-electron chi connectivity index (χ2n) is 4.64. The second kappa shape index (κ2) is 5.23. The van der Waals surface area contributed by atoms with Crippen molar-refractivity contribution in [3.63, 3.8) is 0 Å². The smallest absolute Gasteiger partial charge is 0.255 e. The molecule has 2 unspecified atom stereocenters. The number of nitrogens with two attached hydrogens (primary N) is 1. The standard InChI is InChI=1S/C12H18N4O/c1-9(13)11-3-2-6-16(8-11)12(17)10-4-5-14-15-7-10/h4-5,7,9,11H,2-3,6,8,13H2,1H3. The molecule has 2 N–H and O–H groups in total. The van der Waals surface area contributed by atoms with E-state index in [1.807, 2.05) is 11.8 Å². The molecule has 2 atom stereocenters. The number of hydrogen-bond donors (Lipinski definition) is 1. The molecule has 0 saturated carbocycles. The first-order valence-corrected chi connectivity index (χ1v) is 6.00. The molecular formula is C12H18N4O. The molecule has 0 spiro atoms. The first-order valence-electron chi connectivity index (χ1n) is 6.00. The van der Waals surface area contributed by atoms with Crippen molar-refractivity contribution in [3.05, 3.63) is 24.0 Å². The molecular weight excluding hydrogens is 216 g/mol. The number of likely N-dealkylation sites (tertiary alicyclic amines) is 1. The number of hydrogen-bond acceptors (Lipinski definition) is 4. The van der Waals surface area contributed by atoms with Crippen LogP contribution in [0.3, 0.4) is 0 Å². The van der Waals surface area contributed by atoms with Crippen LogP contribution < -0.4 is 5.73 Å². The molecule has 2 heterocycles. The summed E-state index contributed by atoms with van der Waals surface area (Å²) in [5.41, 5.74) is 6.51.